The second-order valence-electron chi connectivity index (χ2n) is 4.69. The fourth-order valence-corrected chi connectivity index (χ4v) is 2.91. The van der Waals surface area contributed by atoms with Crippen molar-refractivity contribution in [3.63, 3.8) is 0 Å². The summed E-state index contributed by atoms with van der Waals surface area (Å²) in [5.74, 6) is 1.55. The molecule has 2 aliphatic heterocycles. The molecule has 3 fully saturated rings. The molecule has 0 aromatic heterocycles. The van der Waals surface area contributed by atoms with Crippen molar-refractivity contribution in [3.05, 3.63) is 0 Å². The summed E-state index contributed by atoms with van der Waals surface area (Å²) in [5.41, 5.74) is 6.19. The summed E-state index contributed by atoms with van der Waals surface area (Å²) >= 11 is 0. The van der Waals surface area contributed by atoms with Gasteiger partial charge in [-0.15, -0.1) is 0 Å². The Balaban J connectivity index is 1.69. The minimum absolute atomic E-state index is 0.459. The molecule has 0 radical (unpaired) electrons. The molecule has 1 aliphatic carbocycles. The maximum absolute atomic E-state index is 6.19. The number of rotatable bonds is 2. The van der Waals surface area contributed by atoms with E-state index in [4.69, 9.17) is 10.5 Å². The van der Waals surface area contributed by atoms with Gasteiger partial charge in [0.25, 0.3) is 0 Å². The average Bonchev–Trinajstić information content (AvgIpc) is 2.73. The first-order valence-electron chi connectivity index (χ1n) is 5.25. The first kappa shape index (κ1) is 7.34. The van der Waals surface area contributed by atoms with E-state index in [0.29, 0.717) is 24.2 Å². The summed E-state index contributed by atoms with van der Waals surface area (Å²) in [6.45, 7) is 0. The van der Waals surface area contributed by atoms with Crippen LogP contribution in [0.4, 0.5) is 0 Å². The highest BCUT2D eigenvalue weighted by atomic mass is 16.5. The van der Waals surface area contributed by atoms with Gasteiger partial charge >= 0.3 is 0 Å². The van der Waals surface area contributed by atoms with Gasteiger partial charge in [-0.05, 0) is 38.0 Å². The second kappa shape index (κ2) is 2.46. The molecule has 0 spiro atoms. The van der Waals surface area contributed by atoms with E-state index in [9.17, 15) is 0 Å². The molecule has 1 saturated carbocycles. The Hall–Kier alpha value is -0.0800. The summed E-state index contributed by atoms with van der Waals surface area (Å²) in [6.07, 6.45) is 7.66. The molecule has 4 unspecified atom stereocenters. The van der Waals surface area contributed by atoms with Crippen LogP contribution >= 0.6 is 0 Å². The van der Waals surface area contributed by atoms with Gasteiger partial charge in [0.2, 0.25) is 0 Å². The van der Waals surface area contributed by atoms with E-state index in [1.807, 2.05) is 0 Å². The zero-order valence-corrected chi connectivity index (χ0v) is 7.41. The number of ether oxygens (including phenoxy) is 1. The lowest BCUT2D eigenvalue weighted by atomic mass is 9.82. The van der Waals surface area contributed by atoms with Crippen molar-refractivity contribution >= 4 is 0 Å². The van der Waals surface area contributed by atoms with Gasteiger partial charge in [-0.1, -0.05) is 0 Å². The highest BCUT2D eigenvalue weighted by Gasteiger charge is 2.46. The normalized spacial score (nSPS) is 48.2. The minimum Gasteiger partial charge on any atom is -0.375 e. The third-order valence-electron chi connectivity index (χ3n) is 3.81. The van der Waals surface area contributed by atoms with Crippen LogP contribution in [0.1, 0.15) is 32.1 Å². The van der Waals surface area contributed by atoms with E-state index in [1.165, 1.54) is 32.1 Å². The van der Waals surface area contributed by atoms with E-state index in [0.717, 1.165) is 5.92 Å². The topological polar surface area (TPSA) is 35.2 Å². The van der Waals surface area contributed by atoms with Gasteiger partial charge in [0.15, 0.2) is 0 Å². The predicted octanol–water partition coefficient (Wildman–Crippen LogP) is 1.29. The maximum Gasteiger partial charge on any atom is 0.0623 e. The van der Waals surface area contributed by atoms with E-state index in [2.05, 4.69) is 0 Å². The first-order chi connectivity index (χ1) is 5.84. The summed E-state index contributed by atoms with van der Waals surface area (Å²) in [4.78, 5) is 0. The Kier molecular flexibility index (Phi) is 1.50. The Labute approximate surface area is 73.5 Å². The highest BCUT2D eigenvalue weighted by molar-refractivity contribution is 4.99. The molecule has 12 heavy (non-hydrogen) atoms. The van der Waals surface area contributed by atoms with Crippen molar-refractivity contribution in [1.82, 2.24) is 0 Å². The van der Waals surface area contributed by atoms with Crippen LogP contribution in [0.25, 0.3) is 0 Å². The number of hydrogen-bond acceptors (Lipinski definition) is 2. The van der Waals surface area contributed by atoms with Crippen LogP contribution in [0.5, 0.6) is 0 Å². The third kappa shape index (κ3) is 1.01. The molecule has 2 bridgehead atoms. The minimum atomic E-state index is 0.459. The van der Waals surface area contributed by atoms with Crippen molar-refractivity contribution in [3.8, 4) is 0 Å². The van der Waals surface area contributed by atoms with Crippen LogP contribution in [0, 0.1) is 11.8 Å². The molecule has 0 aromatic rings. The highest BCUT2D eigenvalue weighted by Crippen LogP contribution is 2.45. The van der Waals surface area contributed by atoms with Gasteiger partial charge in [0, 0.05) is 12.0 Å². The summed E-state index contributed by atoms with van der Waals surface area (Å²) in [6, 6.07) is 0.459. The molecule has 68 valence electrons. The van der Waals surface area contributed by atoms with Crippen molar-refractivity contribution in [2.24, 2.45) is 17.6 Å². The molecule has 3 aliphatic rings. The van der Waals surface area contributed by atoms with Crippen LogP contribution in [0.15, 0.2) is 0 Å². The molecule has 0 amide bonds. The van der Waals surface area contributed by atoms with E-state index >= 15 is 0 Å². The summed E-state index contributed by atoms with van der Waals surface area (Å²) in [7, 11) is 0. The lowest BCUT2D eigenvalue weighted by molar-refractivity contribution is 0.0871. The van der Waals surface area contributed by atoms with Crippen molar-refractivity contribution in [2.75, 3.05) is 0 Å². The van der Waals surface area contributed by atoms with Gasteiger partial charge in [0.05, 0.1) is 12.2 Å². The van der Waals surface area contributed by atoms with Crippen molar-refractivity contribution < 1.29 is 4.74 Å². The van der Waals surface area contributed by atoms with Crippen LogP contribution in [0.2, 0.25) is 0 Å². The summed E-state index contributed by atoms with van der Waals surface area (Å²) < 4.78 is 5.80. The van der Waals surface area contributed by atoms with Crippen LogP contribution < -0.4 is 5.73 Å². The third-order valence-corrected chi connectivity index (χ3v) is 3.81. The molecule has 2 saturated heterocycles. The number of fused-ring (bicyclic) bond motifs is 2. The Morgan fingerprint density at radius 1 is 1.17 bits per heavy atom. The molecule has 2 heterocycles. The van der Waals surface area contributed by atoms with E-state index in [-0.39, 0.29) is 0 Å². The van der Waals surface area contributed by atoms with E-state index in [1.54, 1.807) is 0 Å². The van der Waals surface area contributed by atoms with Gasteiger partial charge in [-0.2, -0.15) is 0 Å². The van der Waals surface area contributed by atoms with Crippen LogP contribution in [0.3, 0.4) is 0 Å². The van der Waals surface area contributed by atoms with Gasteiger partial charge in [0.1, 0.15) is 0 Å². The fourth-order valence-electron chi connectivity index (χ4n) is 2.91. The number of hydrogen-bond donors (Lipinski definition) is 1. The van der Waals surface area contributed by atoms with Gasteiger partial charge in [-0.25, -0.2) is 0 Å². The second-order valence-corrected chi connectivity index (χ2v) is 4.69. The SMILES string of the molecule is NC(C1CC1)C1CC2CCC1O2. The van der Waals surface area contributed by atoms with Crippen molar-refractivity contribution in [1.29, 1.82) is 0 Å². The standard InChI is InChI=1S/C10H17NO/c11-10(6-1-2-6)8-5-7-3-4-9(8)12-7/h6-10H,1-5,11H2. The number of nitrogens with two attached hydrogens (primary N) is 1. The lowest BCUT2D eigenvalue weighted by Gasteiger charge is -2.24. The smallest absolute Gasteiger partial charge is 0.0623 e. The average molecular weight is 167 g/mol. The fraction of sp³-hybridized carbons (Fsp3) is 1.00. The molecule has 0 aromatic carbocycles. The largest absolute Gasteiger partial charge is 0.375 e. The summed E-state index contributed by atoms with van der Waals surface area (Å²) in [5, 5.41) is 0. The van der Waals surface area contributed by atoms with Gasteiger partial charge in [-0.3, -0.25) is 0 Å². The van der Waals surface area contributed by atoms with Crippen LogP contribution in [-0.2, 0) is 4.74 Å². The monoisotopic (exact) mass is 167 g/mol. The zero-order valence-electron chi connectivity index (χ0n) is 7.41. The molecule has 4 atom stereocenters. The first-order valence-corrected chi connectivity index (χ1v) is 5.25. The Bertz CT molecular complexity index is 190. The molecule has 2 nitrogen and oxygen atoms in total. The molecule has 2 heteroatoms. The Morgan fingerprint density at radius 2 is 2.00 bits per heavy atom. The molecular formula is C10H17NO. The maximum atomic E-state index is 6.19. The molecule has 3 rings (SSSR count). The lowest BCUT2D eigenvalue weighted by Crippen LogP contribution is -2.37. The molecule has 2 N–H and O–H groups in total. The zero-order chi connectivity index (χ0) is 8.13. The van der Waals surface area contributed by atoms with Gasteiger partial charge < -0.3 is 10.5 Å². The Morgan fingerprint density at radius 3 is 2.50 bits per heavy atom. The quantitative estimate of drug-likeness (QED) is 0.672. The van der Waals surface area contributed by atoms with Crippen LogP contribution in [-0.4, -0.2) is 18.2 Å². The van der Waals surface area contributed by atoms with Crippen molar-refractivity contribution in [2.45, 2.75) is 50.4 Å². The van der Waals surface area contributed by atoms with E-state index < -0.39 is 0 Å². The molecular weight excluding hydrogens is 150 g/mol. The predicted molar refractivity (Wildman–Crippen MR) is 46.7 cm³/mol.